The van der Waals surface area contributed by atoms with Crippen LogP contribution in [0.15, 0.2) is 124 Å². The van der Waals surface area contributed by atoms with E-state index in [0.717, 1.165) is 64.6 Å². The number of aliphatic carboxylic acids is 1. The minimum absolute atomic E-state index is 0. The normalized spacial score (nSPS) is 10.3. The van der Waals surface area contributed by atoms with Crippen LogP contribution in [0.3, 0.4) is 0 Å². The Morgan fingerprint density at radius 2 is 0.804 bits per heavy atom. The van der Waals surface area contributed by atoms with E-state index in [4.69, 9.17) is 50.1 Å². The summed E-state index contributed by atoms with van der Waals surface area (Å²) in [7, 11) is 12.6. The Morgan fingerprint density at radius 3 is 1.06 bits per heavy atom. The van der Waals surface area contributed by atoms with Gasteiger partial charge in [0.2, 0.25) is 5.91 Å². The van der Waals surface area contributed by atoms with Gasteiger partial charge in [-0.15, -0.1) is 42.9 Å². The number of nitrogens with one attached hydrogen (secondary N) is 1. The Morgan fingerprint density at radius 1 is 0.526 bits per heavy atom. The maximum Gasteiger partial charge on any atom is 0.305 e. The summed E-state index contributed by atoms with van der Waals surface area (Å²) >= 11 is 18.0. The molecule has 501 valence electrons. The number of carboxylic acids is 1. The third-order valence-corrected chi connectivity index (χ3v) is 15.0. The van der Waals surface area contributed by atoms with Gasteiger partial charge in [0, 0.05) is 103 Å². The van der Waals surface area contributed by atoms with Crippen LogP contribution in [0.2, 0.25) is 15.1 Å². The van der Waals surface area contributed by atoms with Crippen LogP contribution in [-0.4, -0.2) is 149 Å². The predicted octanol–water partition coefficient (Wildman–Crippen LogP) is 8.54. The van der Waals surface area contributed by atoms with Crippen molar-refractivity contribution in [3.63, 3.8) is 0 Å². The topological polar surface area (TPSA) is 319 Å². The second kappa shape index (κ2) is 37.4. The first kappa shape index (κ1) is 79.5. The van der Waals surface area contributed by atoms with Gasteiger partial charge in [0.15, 0.2) is 39.3 Å². The third kappa shape index (κ3) is 18.2. The molecule has 0 fully saturated rings. The number of carboxylic acid groups (broad SMARTS) is 1. The van der Waals surface area contributed by atoms with Gasteiger partial charge in [-0.25, -0.2) is 13.5 Å². The molecule has 0 aliphatic carbocycles. The number of hydrogen-bond acceptors (Lipinski definition) is 17. The second-order valence-electron chi connectivity index (χ2n) is 20.0. The number of hydrogen-bond donors (Lipinski definition) is 4. The fourth-order valence-electron chi connectivity index (χ4n) is 9.78. The number of halogens is 3. The van der Waals surface area contributed by atoms with Crippen molar-refractivity contribution in [3.8, 4) is 45.7 Å². The Labute approximate surface area is 577 Å². The second-order valence-corrected chi connectivity index (χ2v) is 21.3. The molecular weight excluding hydrogens is 1300 g/mol. The number of Topliss-reactive ketones (excluding diaryl/α,β-unsaturated/α-hetero) is 1. The standard InChI is InChI=1S/C20H19ClN6O2.C20H18ClN5O3.C19H16ClN5O3.C3H4.CH4O.3CH4.B3/c1-3-14-17(12-4-6-13(21)7-5-12)19-24-23-18-15(27(19)25-14)8-10-26(20(18)29)11-9-16(28)22-2;1-2-15-17(12-3-5-13(21)6-4-12)19-23-22-18-16(26(19)24-15)8-10-25(20(18)29)9-7-14(28)11-27;1-2-13-16(11-3-5-12(20)6-4-11)18-22-21-17-14(25(18)23-13)7-9-24(19(17)28)10-8-15(26)27;1-3-2;1-2;;;;1-3-2/h4-8,10H,3,9,11H2,1-2H3,(H,22,28);3-6,8,10,27H,2,7,9,11H2,1H3;3-7,9H,2,8,10H2,1H3,(H,26,27);1H,2H3;2H,1H3;3*1H4;. The molecular formula is C66H73B3Cl3N16O9. The van der Waals surface area contributed by atoms with Gasteiger partial charge < -0.3 is 34.3 Å². The summed E-state index contributed by atoms with van der Waals surface area (Å²) < 4.78 is 9.09. The van der Waals surface area contributed by atoms with Crippen LogP contribution in [0, 0.1) is 12.3 Å². The molecule has 25 nitrogen and oxygen atoms in total. The van der Waals surface area contributed by atoms with Crippen molar-refractivity contribution >= 4 is 125 Å². The number of carbonyl (C=O) groups is 3. The van der Waals surface area contributed by atoms with E-state index in [1.54, 1.807) is 88.6 Å². The van der Waals surface area contributed by atoms with Gasteiger partial charge in [0.25, 0.3) is 16.7 Å². The first-order valence-corrected chi connectivity index (χ1v) is 30.2. The Bertz CT molecular complexity index is 4720. The summed E-state index contributed by atoms with van der Waals surface area (Å²) in [5, 5.41) is 68.5. The highest BCUT2D eigenvalue weighted by Crippen LogP contribution is 2.33. The van der Waals surface area contributed by atoms with Crippen molar-refractivity contribution in [2.45, 2.75) is 108 Å². The molecule has 1 amide bonds. The highest BCUT2D eigenvalue weighted by atomic mass is 35.5. The van der Waals surface area contributed by atoms with Gasteiger partial charge >= 0.3 is 5.97 Å². The van der Waals surface area contributed by atoms with Crippen molar-refractivity contribution in [3.05, 3.63) is 173 Å². The summed E-state index contributed by atoms with van der Waals surface area (Å²) in [5.41, 5.74) is 10.7. The highest BCUT2D eigenvalue weighted by molar-refractivity contribution is 7.17. The molecule has 0 saturated carbocycles. The summed E-state index contributed by atoms with van der Waals surface area (Å²) in [6.07, 6.45) is 11.6. The molecule has 0 saturated heterocycles. The zero-order valence-corrected chi connectivity index (χ0v) is 54.2. The quantitative estimate of drug-likeness (QED) is 0.0520. The molecule has 9 aromatic heterocycles. The highest BCUT2D eigenvalue weighted by Gasteiger charge is 2.23. The van der Waals surface area contributed by atoms with Crippen LogP contribution < -0.4 is 22.0 Å². The number of aliphatic hydroxyl groups excluding tert-OH is 2. The molecule has 5 radical (unpaired) electrons. The molecule has 0 aliphatic rings. The minimum Gasteiger partial charge on any atom is -0.481 e. The lowest BCUT2D eigenvalue weighted by atomic mass is 9.40. The van der Waals surface area contributed by atoms with Crippen molar-refractivity contribution in [1.82, 2.24) is 78.5 Å². The number of amides is 1. The lowest BCUT2D eigenvalue weighted by molar-refractivity contribution is -0.137. The van der Waals surface area contributed by atoms with Crippen molar-refractivity contribution < 1.29 is 29.7 Å². The van der Waals surface area contributed by atoms with Crippen LogP contribution >= 0.6 is 34.8 Å². The van der Waals surface area contributed by atoms with Gasteiger partial charge in [0.05, 0.1) is 40.2 Å². The van der Waals surface area contributed by atoms with Crippen molar-refractivity contribution in [2.75, 3.05) is 20.8 Å². The van der Waals surface area contributed by atoms with E-state index in [0.29, 0.717) is 67.8 Å². The van der Waals surface area contributed by atoms with Crippen LogP contribution in [0.1, 0.15) is 86.3 Å². The summed E-state index contributed by atoms with van der Waals surface area (Å²) in [4.78, 5) is 71.9. The average Bonchev–Trinajstić information content (AvgIpc) is 1.65. The zero-order valence-electron chi connectivity index (χ0n) is 51.9. The van der Waals surface area contributed by atoms with Gasteiger partial charge in [-0.3, -0.25) is 28.8 Å². The van der Waals surface area contributed by atoms with Crippen molar-refractivity contribution in [2.24, 2.45) is 0 Å². The smallest absolute Gasteiger partial charge is 0.305 e. The number of aryl methyl sites for hydroxylation is 6. The fraction of sp³-hybridized carbons (Fsp3) is 0.288. The number of rotatable bonds is 16. The minimum atomic E-state index is -0.971. The van der Waals surface area contributed by atoms with Crippen LogP contribution in [0.25, 0.3) is 83.4 Å². The first-order valence-electron chi connectivity index (χ1n) is 29.1. The summed E-state index contributed by atoms with van der Waals surface area (Å²) in [6, 6.07) is 27.5. The molecule has 0 spiro atoms. The third-order valence-electron chi connectivity index (χ3n) is 14.2. The molecule has 4 N–H and O–H groups in total. The Kier molecular flexibility index (Phi) is 30.7. The van der Waals surface area contributed by atoms with Crippen molar-refractivity contribution in [1.29, 1.82) is 0 Å². The molecule has 97 heavy (non-hydrogen) atoms. The Hall–Kier alpha value is -9.91. The summed E-state index contributed by atoms with van der Waals surface area (Å²) in [5.74, 6) is 0.817. The number of fused-ring (bicyclic) bond motifs is 9. The van der Waals surface area contributed by atoms with E-state index in [1.807, 2.05) is 69.3 Å². The first-order chi connectivity index (χ1) is 45.4. The number of carbonyl (C=O) groups excluding carboxylic acids is 2. The molecule has 0 bridgehead atoms. The number of ketones is 1. The molecule has 31 heteroatoms. The van der Waals surface area contributed by atoms with Gasteiger partial charge in [-0.2, -0.15) is 15.3 Å². The predicted molar refractivity (Wildman–Crippen MR) is 385 cm³/mol. The SMILES string of the molecule is C.C.C.C#CC.CCc1nn2c(nnc3c(=O)n(CCC(=O)CO)ccc32)c1-c1ccc(Cl)cc1.CCc1nn2c(nnc3c(=O)n(CCC(=O)NC)ccc32)c1-c1ccc(Cl)cc1.CCc1nn2c(nnc3c(=O)n(CCC(=O)O)ccc32)c1-c1ccc(Cl)cc1.CO.[B][B][B]. The molecule has 0 atom stereocenters. The van der Waals surface area contributed by atoms with E-state index in [-0.39, 0.29) is 101 Å². The average molecular weight is 1370 g/mol. The van der Waals surface area contributed by atoms with E-state index in [9.17, 15) is 28.8 Å². The lowest BCUT2D eigenvalue weighted by Gasteiger charge is -2.07. The van der Waals surface area contributed by atoms with Gasteiger partial charge in [0.1, 0.15) is 23.2 Å². The number of nitrogens with zero attached hydrogens (tertiary/aromatic N) is 15. The van der Waals surface area contributed by atoms with Crippen LogP contribution in [-0.2, 0) is 53.3 Å². The monoisotopic (exact) mass is 1370 g/mol. The van der Waals surface area contributed by atoms with Crippen LogP contribution in [0.4, 0.5) is 0 Å². The maximum atomic E-state index is 12.8. The number of aromatic nitrogens is 15. The van der Waals surface area contributed by atoms with Gasteiger partial charge in [-0.05, 0) is 97.5 Å². The zero-order chi connectivity index (χ0) is 68.3. The van der Waals surface area contributed by atoms with E-state index < -0.39 is 18.1 Å². The molecule has 0 aliphatic heterocycles. The van der Waals surface area contributed by atoms with E-state index in [2.05, 4.69) is 79.0 Å². The number of benzene rings is 3. The number of terminal acetylenes is 1. The van der Waals surface area contributed by atoms with E-state index >= 15 is 0 Å². The van der Waals surface area contributed by atoms with E-state index in [1.165, 1.54) is 13.7 Å². The van der Waals surface area contributed by atoms with Crippen LogP contribution in [0.5, 0.6) is 0 Å². The maximum absolute atomic E-state index is 12.8. The molecule has 3 aromatic carbocycles. The molecule has 9 heterocycles. The molecule has 12 rings (SSSR count). The lowest BCUT2D eigenvalue weighted by Crippen LogP contribution is -2.25. The fourth-order valence-corrected chi connectivity index (χ4v) is 10.2. The van der Waals surface area contributed by atoms with Gasteiger partial charge in [-0.1, -0.05) is 114 Å². The molecule has 0 unspecified atom stereocenters. The summed E-state index contributed by atoms with van der Waals surface area (Å²) in [6.45, 7) is 7.63. The Balaban J connectivity index is 0.000000289. The largest absolute Gasteiger partial charge is 0.481 e. The molecule has 12 aromatic rings. The number of pyridine rings is 3. The number of aliphatic hydroxyl groups is 2.